The molecule has 19 heavy (non-hydrogen) atoms. The first-order valence-corrected chi connectivity index (χ1v) is 8.45. The lowest BCUT2D eigenvalue weighted by Crippen LogP contribution is -2.32. The fourth-order valence-electron chi connectivity index (χ4n) is 1.60. The fraction of sp³-hybridized carbons (Fsp3) is 0.583. The summed E-state index contributed by atoms with van der Waals surface area (Å²) in [5, 5.41) is 2.81. The summed E-state index contributed by atoms with van der Waals surface area (Å²) in [6.07, 6.45) is 3.11. The van der Waals surface area contributed by atoms with Gasteiger partial charge in [-0.25, -0.2) is 8.42 Å². The largest absolute Gasteiger partial charge is 0.356 e. The van der Waals surface area contributed by atoms with Crippen molar-refractivity contribution in [2.24, 2.45) is 5.92 Å². The highest BCUT2D eigenvalue weighted by Crippen LogP contribution is 2.16. The van der Waals surface area contributed by atoms with E-state index < -0.39 is 9.05 Å². The Kier molecular flexibility index (Phi) is 5.43. The molecule has 0 aliphatic carbocycles. The number of rotatable bonds is 6. The molecule has 0 saturated carbocycles. The van der Waals surface area contributed by atoms with Crippen molar-refractivity contribution < 1.29 is 13.2 Å². The topological polar surface area (TPSA) is 79.0 Å². The fourth-order valence-corrected chi connectivity index (χ4v) is 2.33. The Morgan fingerprint density at radius 2 is 2.00 bits per heavy atom. The van der Waals surface area contributed by atoms with Gasteiger partial charge in [0.05, 0.1) is 0 Å². The van der Waals surface area contributed by atoms with Crippen LogP contribution in [-0.2, 0) is 9.05 Å². The van der Waals surface area contributed by atoms with Crippen LogP contribution in [0.2, 0.25) is 0 Å². The molecule has 0 fully saturated rings. The average molecular weight is 307 g/mol. The SMILES string of the molecule is CC(C)CCC(C)NC(=O)c1cc(S(=O)(=O)Cl)c[nH]1. The minimum atomic E-state index is -3.80. The first kappa shape index (κ1) is 16.0. The van der Waals surface area contributed by atoms with Crippen LogP contribution in [0.5, 0.6) is 0 Å². The van der Waals surface area contributed by atoms with E-state index in [-0.39, 0.29) is 22.5 Å². The molecule has 108 valence electrons. The molecule has 1 heterocycles. The van der Waals surface area contributed by atoms with Crippen LogP contribution in [0.1, 0.15) is 44.1 Å². The van der Waals surface area contributed by atoms with E-state index in [9.17, 15) is 13.2 Å². The lowest BCUT2D eigenvalue weighted by molar-refractivity contribution is 0.0932. The third kappa shape index (κ3) is 5.24. The van der Waals surface area contributed by atoms with Crippen molar-refractivity contribution in [1.29, 1.82) is 0 Å². The summed E-state index contributed by atoms with van der Waals surface area (Å²) in [7, 11) is 1.38. The zero-order chi connectivity index (χ0) is 14.6. The molecule has 7 heteroatoms. The molecule has 0 saturated heterocycles. The number of aromatic amines is 1. The second-order valence-electron chi connectivity index (χ2n) is 5.03. The zero-order valence-electron chi connectivity index (χ0n) is 11.2. The van der Waals surface area contributed by atoms with Gasteiger partial charge in [-0.15, -0.1) is 0 Å². The van der Waals surface area contributed by atoms with E-state index in [0.29, 0.717) is 5.92 Å². The summed E-state index contributed by atoms with van der Waals surface area (Å²) in [6, 6.07) is 1.27. The summed E-state index contributed by atoms with van der Waals surface area (Å²) in [5.41, 5.74) is 0.190. The van der Waals surface area contributed by atoms with Gasteiger partial charge in [-0.3, -0.25) is 4.79 Å². The quantitative estimate of drug-likeness (QED) is 0.793. The number of carbonyl (C=O) groups excluding carboxylic acids is 1. The van der Waals surface area contributed by atoms with Crippen molar-refractivity contribution in [1.82, 2.24) is 10.3 Å². The highest BCUT2D eigenvalue weighted by atomic mass is 35.7. The second-order valence-corrected chi connectivity index (χ2v) is 7.60. The van der Waals surface area contributed by atoms with Crippen molar-refractivity contribution in [3.05, 3.63) is 18.0 Å². The molecule has 0 spiro atoms. The first-order chi connectivity index (χ1) is 8.70. The maximum Gasteiger partial charge on any atom is 0.267 e. The summed E-state index contributed by atoms with van der Waals surface area (Å²) < 4.78 is 22.2. The highest BCUT2D eigenvalue weighted by Gasteiger charge is 2.17. The van der Waals surface area contributed by atoms with Crippen molar-refractivity contribution in [3.8, 4) is 0 Å². The van der Waals surface area contributed by atoms with Crippen molar-refractivity contribution in [2.45, 2.75) is 44.6 Å². The Morgan fingerprint density at radius 1 is 1.37 bits per heavy atom. The van der Waals surface area contributed by atoms with Crippen LogP contribution in [0.15, 0.2) is 17.2 Å². The molecule has 1 amide bonds. The number of halogens is 1. The van der Waals surface area contributed by atoms with Crippen LogP contribution < -0.4 is 5.32 Å². The molecule has 0 aromatic carbocycles. The van der Waals surface area contributed by atoms with E-state index in [1.165, 1.54) is 12.3 Å². The van der Waals surface area contributed by atoms with Gasteiger partial charge in [-0.2, -0.15) is 0 Å². The van der Waals surface area contributed by atoms with Gasteiger partial charge in [0, 0.05) is 22.9 Å². The van der Waals surface area contributed by atoms with E-state index in [1.807, 2.05) is 6.92 Å². The minimum Gasteiger partial charge on any atom is -0.356 e. The average Bonchev–Trinajstić information content (AvgIpc) is 2.75. The zero-order valence-corrected chi connectivity index (χ0v) is 12.8. The Bertz CT molecular complexity index is 537. The molecule has 1 atom stereocenters. The summed E-state index contributed by atoms with van der Waals surface area (Å²) in [6.45, 7) is 6.16. The summed E-state index contributed by atoms with van der Waals surface area (Å²) in [5.74, 6) is 0.251. The van der Waals surface area contributed by atoms with Gasteiger partial charge in [0.25, 0.3) is 15.0 Å². The minimum absolute atomic E-state index is 0.0364. The number of amides is 1. The molecule has 1 unspecified atom stereocenters. The van der Waals surface area contributed by atoms with Crippen LogP contribution in [0.3, 0.4) is 0 Å². The normalized spacial score (nSPS) is 13.5. The third-order valence-electron chi connectivity index (χ3n) is 2.74. The van der Waals surface area contributed by atoms with Crippen LogP contribution in [0.4, 0.5) is 0 Å². The monoisotopic (exact) mass is 306 g/mol. The summed E-state index contributed by atoms with van der Waals surface area (Å²) in [4.78, 5) is 14.4. The van der Waals surface area contributed by atoms with Crippen LogP contribution in [0.25, 0.3) is 0 Å². The Morgan fingerprint density at radius 3 is 2.47 bits per heavy atom. The molecule has 0 aliphatic heterocycles. The standard InChI is InChI=1S/C12H19ClN2O3S/c1-8(2)4-5-9(3)15-12(16)11-6-10(7-14-11)19(13,17)18/h6-9,14H,4-5H2,1-3H3,(H,15,16). The molecule has 0 radical (unpaired) electrons. The van der Waals surface area contributed by atoms with Gasteiger partial charge >= 0.3 is 0 Å². The van der Waals surface area contributed by atoms with Crippen molar-refractivity contribution >= 4 is 25.6 Å². The van der Waals surface area contributed by atoms with E-state index in [4.69, 9.17) is 10.7 Å². The maximum atomic E-state index is 11.9. The van der Waals surface area contributed by atoms with Crippen molar-refractivity contribution in [2.75, 3.05) is 0 Å². The molecular weight excluding hydrogens is 288 g/mol. The predicted molar refractivity (Wildman–Crippen MR) is 74.8 cm³/mol. The number of aromatic nitrogens is 1. The van der Waals surface area contributed by atoms with Gasteiger partial charge < -0.3 is 10.3 Å². The molecule has 1 aromatic heterocycles. The van der Waals surface area contributed by atoms with Crippen LogP contribution >= 0.6 is 10.7 Å². The molecule has 5 nitrogen and oxygen atoms in total. The summed E-state index contributed by atoms with van der Waals surface area (Å²) >= 11 is 0. The maximum absolute atomic E-state index is 11.9. The van der Waals surface area contributed by atoms with Gasteiger partial charge in [0.1, 0.15) is 10.6 Å². The van der Waals surface area contributed by atoms with Gasteiger partial charge in [-0.05, 0) is 31.7 Å². The van der Waals surface area contributed by atoms with Crippen molar-refractivity contribution in [3.63, 3.8) is 0 Å². The lowest BCUT2D eigenvalue weighted by atomic mass is 10.0. The number of hydrogen-bond donors (Lipinski definition) is 2. The third-order valence-corrected chi connectivity index (χ3v) is 4.07. The smallest absolute Gasteiger partial charge is 0.267 e. The van der Waals surface area contributed by atoms with Gasteiger partial charge in [-0.1, -0.05) is 13.8 Å². The highest BCUT2D eigenvalue weighted by molar-refractivity contribution is 8.13. The van der Waals surface area contributed by atoms with Crippen LogP contribution in [0, 0.1) is 5.92 Å². The molecule has 0 aliphatic rings. The molecule has 1 rings (SSSR count). The molecule has 0 bridgehead atoms. The number of H-pyrrole nitrogens is 1. The van der Waals surface area contributed by atoms with E-state index in [0.717, 1.165) is 12.8 Å². The molecule has 2 N–H and O–H groups in total. The Labute approximate surface area is 118 Å². The first-order valence-electron chi connectivity index (χ1n) is 6.14. The predicted octanol–water partition coefficient (Wildman–Crippen LogP) is 2.50. The molecular formula is C12H19ClN2O3S. The van der Waals surface area contributed by atoms with Crippen LogP contribution in [-0.4, -0.2) is 25.4 Å². The second kappa shape index (κ2) is 6.43. The van der Waals surface area contributed by atoms with Gasteiger partial charge in [0.2, 0.25) is 0 Å². The van der Waals surface area contributed by atoms with E-state index in [2.05, 4.69) is 24.1 Å². The Hall–Kier alpha value is -1.01. The van der Waals surface area contributed by atoms with Gasteiger partial charge in [0.15, 0.2) is 0 Å². The number of hydrogen-bond acceptors (Lipinski definition) is 3. The lowest BCUT2D eigenvalue weighted by Gasteiger charge is -2.14. The number of carbonyl (C=O) groups is 1. The van der Waals surface area contributed by atoms with E-state index >= 15 is 0 Å². The molecule has 1 aromatic rings. The van der Waals surface area contributed by atoms with E-state index in [1.54, 1.807) is 0 Å². The number of nitrogens with one attached hydrogen (secondary N) is 2. The Balaban J connectivity index is 2.61.